The van der Waals surface area contributed by atoms with E-state index in [1.165, 1.54) is 0 Å². The minimum atomic E-state index is -0.268. The highest BCUT2D eigenvalue weighted by molar-refractivity contribution is 5.81. The lowest BCUT2D eigenvalue weighted by molar-refractivity contribution is -0.139. The van der Waals surface area contributed by atoms with Crippen molar-refractivity contribution in [3.63, 3.8) is 0 Å². The molecule has 0 aliphatic carbocycles. The smallest absolute Gasteiger partial charge is 0.225 e. The van der Waals surface area contributed by atoms with Gasteiger partial charge < -0.3 is 10.6 Å². The molecule has 0 aromatic carbocycles. The number of nitrogens with zero attached hydrogens (tertiary/aromatic N) is 1. The summed E-state index contributed by atoms with van der Waals surface area (Å²) < 4.78 is 0. The van der Waals surface area contributed by atoms with Gasteiger partial charge in [0.2, 0.25) is 11.8 Å². The van der Waals surface area contributed by atoms with Crippen molar-refractivity contribution in [1.29, 1.82) is 0 Å². The van der Waals surface area contributed by atoms with Crippen LogP contribution in [0.5, 0.6) is 0 Å². The van der Waals surface area contributed by atoms with Gasteiger partial charge in [-0.25, -0.2) is 0 Å². The van der Waals surface area contributed by atoms with E-state index in [2.05, 4.69) is 13.8 Å². The topological polar surface area (TPSA) is 63.4 Å². The van der Waals surface area contributed by atoms with E-state index in [9.17, 15) is 9.59 Å². The quantitative estimate of drug-likeness (QED) is 0.787. The van der Waals surface area contributed by atoms with Crippen LogP contribution in [0, 0.1) is 11.8 Å². The first-order valence-corrected chi connectivity index (χ1v) is 7.18. The summed E-state index contributed by atoms with van der Waals surface area (Å²) in [5, 5.41) is 0. The number of amides is 2. The lowest BCUT2D eigenvalue weighted by Crippen LogP contribution is -2.46. The van der Waals surface area contributed by atoms with Crippen molar-refractivity contribution in [3.05, 3.63) is 0 Å². The van der Waals surface area contributed by atoms with Gasteiger partial charge in [-0.2, -0.15) is 0 Å². The predicted octanol–water partition coefficient (Wildman–Crippen LogP) is 1.93. The van der Waals surface area contributed by atoms with Crippen molar-refractivity contribution in [2.24, 2.45) is 17.6 Å². The van der Waals surface area contributed by atoms with E-state index in [0.29, 0.717) is 6.54 Å². The predicted molar refractivity (Wildman–Crippen MR) is 71.8 cm³/mol. The van der Waals surface area contributed by atoms with Gasteiger partial charge in [0.25, 0.3) is 0 Å². The van der Waals surface area contributed by atoms with Gasteiger partial charge in [-0.3, -0.25) is 9.59 Å². The molecule has 1 aliphatic heterocycles. The number of carbonyl (C=O) groups is 2. The zero-order valence-corrected chi connectivity index (χ0v) is 11.7. The molecule has 4 heteroatoms. The third kappa shape index (κ3) is 4.00. The second-order valence-electron chi connectivity index (χ2n) is 5.30. The molecule has 1 unspecified atom stereocenters. The van der Waals surface area contributed by atoms with Crippen LogP contribution in [-0.2, 0) is 9.59 Å². The van der Waals surface area contributed by atoms with Crippen LogP contribution in [0.1, 0.15) is 52.4 Å². The first kappa shape index (κ1) is 15.0. The first-order valence-electron chi connectivity index (χ1n) is 7.18. The zero-order chi connectivity index (χ0) is 13.5. The summed E-state index contributed by atoms with van der Waals surface area (Å²) in [6.07, 6.45) is 5.68. The molecule has 1 fully saturated rings. The van der Waals surface area contributed by atoms with Crippen molar-refractivity contribution >= 4 is 11.8 Å². The van der Waals surface area contributed by atoms with E-state index in [1.807, 2.05) is 4.90 Å². The van der Waals surface area contributed by atoms with Crippen molar-refractivity contribution in [2.45, 2.75) is 52.4 Å². The molecule has 104 valence electrons. The zero-order valence-electron chi connectivity index (χ0n) is 11.7. The summed E-state index contributed by atoms with van der Waals surface area (Å²) in [5.41, 5.74) is 5.35. The van der Waals surface area contributed by atoms with E-state index in [1.54, 1.807) is 0 Å². The molecule has 1 heterocycles. The second kappa shape index (κ2) is 7.39. The maximum absolute atomic E-state index is 12.4. The van der Waals surface area contributed by atoms with E-state index in [0.717, 1.165) is 45.1 Å². The van der Waals surface area contributed by atoms with Crippen LogP contribution >= 0.6 is 0 Å². The summed E-state index contributed by atoms with van der Waals surface area (Å²) in [7, 11) is 0. The number of likely N-dealkylation sites (tertiary alicyclic amines) is 1. The summed E-state index contributed by atoms with van der Waals surface area (Å²) in [6, 6.07) is 0. The Morgan fingerprint density at radius 3 is 2.39 bits per heavy atom. The highest BCUT2D eigenvalue weighted by Gasteiger charge is 2.30. The number of primary amides is 1. The third-order valence-electron chi connectivity index (χ3n) is 3.76. The highest BCUT2D eigenvalue weighted by atomic mass is 16.2. The Hall–Kier alpha value is -1.06. The van der Waals surface area contributed by atoms with Crippen molar-refractivity contribution in [1.82, 2.24) is 4.90 Å². The molecule has 0 saturated carbocycles. The molecule has 4 nitrogen and oxygen atoms in total. The fourth-order valence-electron chi connectivity index (χ4n) is 2.76. The molecule has 0 spiro atoms. The third-order valence-corrected chi connectivity index (χ3v) is 3.76. The molecule has 18 heavy (non-hydrogen) atoms. The number of rotatable bonds is 6. The van der Waals surface area contributed by atoms with Crippen LogP contribution in [0.3, 0.4) is 0 Å². The average Bonchev–Trinajstić information content (AvgIpc) is 2.38. The number of nitrogens with two attached hydrogens (primary N) is 1. The van der Waals surface area contributed by atoms with Crippen molar-refractivity contribution < 1.29 is 9.59 Å². The van der Waals surface area contributed by atoms with Crippen molar-refractivity contribution in [2.75, 3.05) is 13.1 Å². The second-order valence-corrected chi connectivity index (χ2v) is 5.30. The fourth-order valence-corrected chi connectivity index (χ4v) is 2.76. The number of hydrogen-bond acceptors (Lipinski definition) is 2. The largest absolute Gasteiger partial charge is 0.369 e. The number of piperidine rings is 1. The Labute approximate surface area is 110 Å². The molecular weight excluding hydrogens is 228 g/mol. The normalized spacial score (nSPS) is 20.2. The summed E-state index contributed by atoms with van der Waals surface area (Å²) in [6.45, 7) is 5.53. The molecule has 0 bridgehead atoms. The Morgan fingerprint density at radius 2 is 1.89 bits per heavy atom. The van der Waals surface area contributed by atoms with Gasteiger partial charge >= 0.3 is 0 Å². The van der Waals surface area contributed by atoms with Crippen LogP contribution in [0.4, 0.5) is 0 Å². The Kier molecular flexibility index (Phi) is 6.16. The van der Waals surface area contributed by atoms with Gasteiger partial charge in [0.1, 0.15) is 0 Å². The monoisotopic (exact) mass is 254 g/mol. The van der Waals surface area contributed by atoms with Gasteiger partial charge in [0, 0.05) is 19.0 Å². The van der Waals surface area contributed by atoms with E-state index >= 15 is 0 Å². The molecular formula is C14H26N2O2. The maximum Gasteiger partial charge on any atom is 0.225 e. The van der Waals surface area contributed by atoms with Crippen LogP contribution in [-0.4, -0.2) is 29.8 Å². The lowest BCUT2D eigenvalue weighted by atomic mass is 9.93. The molecule has 1 atom stereocenters. The first-order chi connectivity index (χ1) is 8.60. The average molecular weight is 254 g/mol. The number of carbonyl (C=O) groups excluding carboxylic acids is 2. The minimum absolute atomic E-state index is 0.131. The maximum atomic E-state index is 12.4. The molecule has 2 N–H and O–H groups in total. The Morgan fingerprint density at radius 1 is 1.28 bits per heavy atom. The standard InChI is InChI=1S/C14H26N2O2/c1-3-6-11(7-4-2)14(18)16-9-5-8-12(10-16)13(15)17/h11-12H,3-10H2,1-2H3,(H2,15,17). The van der Waals surface area contributed by atoms with Gasteiger partial charge in [-0.05, 0) is 25.7 Å². The summed E-state index contributed by atoms with van der Waals surface area (Å²) >= 11 is 0. The molecule has 0 aromatic rings. The van der Waals surface area contributed by atoms with Crippen LogP contribution in [0.15, 0.2) is 0 Å². The molecule has 2 amide bonds. The molecule has 0 aromatic heterocycles. The minimum Gasteiger partial charge on any atom is -0.369 e. The molecule has 0 radical (unpaired) electrons. The Balaban J connectivity index is 2.60. The van der Waals surface area contributed by atoms with Gasteiger partial charge in [-0.15, -0.1) is 0 Å². The molecule has 1 rings (SSSR count). The summed E-state index contributed by atoms with van der Waals surface area (Å²) in [5.74, 6) is -0.0575. The van der Waals surface area contributed by atoms with Crippen LogP contribution in [0.25, 0.3) is 0 Å². The lowest BCUT2D eigenvalue weighted by Gasteiger charge is -2.33. The fraction of sp³-hybridized carbons (Fsp3) is 0.857. The van der Waals surface area contributed by atoms with E-state index in [-0.39, 0.29) is 23.7 Å². The summed E-state index contributed by atoms with van der Waals surface area (Å²) in [4.78, 5) is 25.5. The van der Waals surface area contributed by atoms with Crippen molar-refractivity contribution in [3.8, 4) is 0 Å². The van der Waals surface area contributed by atoms with Gasteiger partial charge in [0.15, 0.2) is 0 Å². The van der Waals surface area contributed by atoms with Gasteiger partial charge in [0.05, 0.1) is 5.92 Å². The Bertz CT molecular complexity index is 286. The SMILES string of the molecule is CCCC(CCC)C(=O)N1CCCC(C(N)=O)C1. The highest BCUT2D eigenvalue weighted by Crippen LogP contribution is 2.22. The number of hydrogen-bond donors (Lipinski definition) is 1. The van der Waals surface area contributed by atoms with E-state index < -0.39 is 0 Å². The molecule has 1 saturated heterocycles. The molecule has 1 aliphatic rings. The van der Waals surface area contributed by atoms with E-state index in [4.69, 9.17) is 5.73 Å². The van der Waals surface area contributed by atoms with Crippen LogP contribution in [0.2, 0.25) is 0 Å². The van der Waals surface area contributed by atoms with Crippen LogP contribution < -0.4 is 5.73 Å². The van der Waals surface area contributed by atoms with Gasteiger partial charge in [-0.1, -0.05) is 26.7 Å².